The van der Waals surface area contributed by atoms with E-state index in [1.807, 2.05) is 24.3 Å². The molecule has 2 rings (SSSR count). The fraction of sp³-hybridized carbons (Fsp3) is 0. The minimum Gasteiger partial charge on any atom is -0.244 e. The van der Waals surface area contributed by atoms with Gasteiger partial charge in [-0.3, -0.25) is 0 Å². The van der Waals surface area contributed by atoms with Crippen LogP contribution in [0, 0.1) is 0 Å². The molecular weight excluding hydrogens is 148 g/mol. The standard InChI is InChI=1S/C10H8N2/c1-2-8-4-3-5-10-9(8)6-11-7-12-10/h2-7H,1H2. The van der Waals surface area contributed by atoms with Gasteiger partial charge in [-0.25, -0.2) is 9.97 Å². The Morgan fingerprint density at radius 2 is 2.25 bits per heavy atom. The summed E-state index contributed by atoms with van der Waals surface area (Å²) in [4.78, 5) is 8.09. The van der Waals surface area contributed by atoms with E-state index < -0.39 is 0 Å². The first kappa shape index (κ1) is 6.98. The average Bonchev–Trinajstić information content (AvgIpc) is 2.17. The molecule has 0 aliphatic heterocycles. The van der Waals surface area contributed by atoms with Crippen molar-refractivity contribution in [3.8, 4) is 0 Å². The van der Waals surface area contributed by atoms with Gasteiger partial charge < -0.3 is 0 Å². The van der Waals surface area contributed by atoms with Crippen LogP contribution in [0.15, 0.2) is 37.3 Å². The number of nitrogens with zero attached hydrogens (tertiary/aromatic N) is 2. The van der Waals surface area contributed by atoms with Gasteiger partial charge in [0.2, 0.25) is 0 Å². The maximum Gasteiger partial charge on any atom is 0.116 e. The van der Waals surface area contributed by atoms with Crippen molar-refractivity contribution in [2.24, 2.45) is 0 Å². The largest absolute Gasteiger partial charge is 0.244 e. The van der Waals surface area contributed by atoms with E-state index >= 15 is 0 Å². The van der Waals surface area contributed by atoms with Gasteiger partial charge in [0.15, 0.2) is 0 Å². The molecule has 0 saturated heterocycles. The highest BCUT2D eigenvalue weighted by molar-refractivity contribution is 5.86. The molecule has 0 radical (unpaired) electrons. The monoisotopic (exact) mass is 156 g/mol. The molecular formula is C10H8N2. The highest BCUT2D eigenvalue weighted by Gasteiger charge is 1.96. The Hall–Kier alpha value is -1.70. The highest BCUT2D eigenvalue weighted by Crippen LogP contribution is 2.15. The molecule has 0 aliphatic carbocycles. The molecule has 1 aromatic heterocycles. The first-order valence-electron chi connectivity index (χ1n) is 3.73. The summed E-state index contributed by atoms with van der Waals surface area (Å²) in [5.74, 6) is 0. The number of rotatable bonds is 1. The van der Waals surface area contributed by atoms with Crippen molar-refractivity contribution < 1.29 is 0 Å². The zero-order valence-corrected chi connectivity index (χ0v) is 6.57. The van der Waals surface area contributed by atoms with Gasteiger partial charge in [-0.1, -0.05) is 24.8 Å². The maximum absolute atomic E-state index is 4.13. The van der Waals surface area contributed by atoms with Crippen LogP contribution in [0.5, 0.6) is 0 Å². The lowest BCUT2D eigenvalue weighted by molar-refractivity contribution is 1.22. The summed E-state index contributed by atoms with van der Waals surface area (Å²) in [7, 11) is 0. The Morgan fingerprint density at radius 1 is 1.33 bits per heavy atom. The Labute approximate surface area is 70.6 Å². The van der Waals surface area contributed by atoms with Crippen molar-refractivity contribution in [2.75, 3.05) is 0 Å². The van der Waals surface area contributed by atoms with Crippen molar-refractivity contribution in [3.05, 3.63) is 42.9 Å². The molecule has 58 valence electrons. The SMILES string of the molecule is C=Cc1cccc2ncncc12. The molecule has 0 bridgehead atoms. The van der Waals surface area contributed by atoms with Crippen molar-refractivity contribution in [2.45, 2.75) is 0 Å². The topological polar surface area (TPSA) is 25.8 Å². The molecule has 1 heterocycles. The van der Waals surface area contributed by atoms with Crippen LogP contribution in [0.1, 0.15) is 5.56 Å². The Balaban J connectivity index is 2.88. The molecule has 0 saturated carbocycles. The number of benzene rings is 1. The summed E-state index contributed by atoms with van der Waals surface area (Å²) in [6, 6.07) is 5.93. The summed E-state index contributed by atoms with van der Waals surface area (Å²) in [6.45, 7) is 3.73. The fourth-order valence-electron chi connectivity index (χ4n) is 1.21. The predicted octanol–water partition coefficient (Wildman–Crippen LogP) is 2.27. The van der Waals surface area contributed by atoms with Crippen LogP contribution in [0.3, 0.4) is 0 Å². The smallest absolute Gasteiger partial charge is 0.116 e. The Morgan fingerprint density at radius 3 is 3.08 bits per heavy atom. The van der Waals surface area contributed by atoms with Gasteiger partial charge in [-0.05, 0) is 11.6 Å². The van der Waals surface area contributed by atoms with Crippen LogP contribution in [0.2, 0.25) is 0 Å². The van der Waals surface area contributed by atoms with Gasteiger partial charge in [0, 0.05) is 11.6 Å². The van der Waals surface area contributed by atoms with Gasteiger partial charge in [0.25, 0.3) is 0 Å². The number of fused-ring (bicyclic) bond motifs is 1. The molecule has 0 aliphatic rings. The van der Waals surface area contributed by atoms with Crippen LogP contribution < -0.4 is 0 Å². The summed E-state index contributed by atoms with van der Waals surface area (Å²) in [5, 5.41) is 1.05. The Bertz CT molecular complexity index is 416. The normalized spacial score (nSPS) is 10.0. The first-order valence-corrected chi connectivity index (χ1v) is 3.73. The molecule has 0 atom stereocenters. The molecule has 0 amide bonds. The van der Waals surface area contributed by atoms with E-state index in [0.717, 1.165) is 16.5 Å². The molecule has 0 unspecified atom stereocenters. The molecule has 0 spiro atoms. The zero-order valence-electron chi connectivity index (χ0n) is 6.57. The molecule has 0 fully saturated rings. The summed E-state index contributed by atoms with van der Waals surface area (Å²) in [6.07, 6.45) is 5.17. The molecule has 1 aromatic carbocycles. The third-order valence-corrected chi connectivity index (χ3v) is 1.80. The van der Waals surface area contributed by atoms with Crippen LogP contribution in [-0.4, -0.2) is 9.97 Å². The van der Waals surface area contributed by atoms with Gasteiger partial charge in [0.1, 0.15) is 6.33 Å². The number of aromatic nitrogens is 2. The van der Waals surface area contributed by atoms with Gasteiger partial charge in [-0.2, -0.15) is 0 Å². The van der Waals surface area contributed by atoms with E-state index in [1.54, 1.807) is 12.5 Å². The lowest BCUT2D eigenvalue weighted by Gasteiger charge is -1.98. The van der Waals surface area contributed by atoms with Crippen molar-refractivity contribution >= 4 is 17.0 Å². The van der Waals surface area contributed by atoms with E-state index in [9.17, 15) is 0 Å². The van der Waals surface area contributed by atoms with E-state index in [4.69, 9.17) is 0 Å². The van der Waals surface area contributed by atoms with Crippen LogP contribution in [0.25, 0.3) is 17.0 Å². The average molecular weight is 156 g/mol. The van der Waals surface area contributed by atoms with E-state index in [-0.39, 0.29) is 0 Å². The lowest BCUT2D eigenvalue weighted by Crippen LogP contribution is -1.82. The third-order valence-electron chi connectivity index (χ3n) is 1.80. The predicted molar refractivity (Wildman–Crippen MR) is 49.6 cm³/mol. The van der Waals surface area contributed by atoms with Crippen molar-refractivity contribution in [1.82, 2.24) is 9.97 Å². The van der Waals surface area contributed by atoms with E-state index in [2.05, 4.69) is 16.5 Å². The van der Waals surface area contributed by atoms with Gasteiger partial charge in [0.05, 0.1) is 5.52 Å². The van der Waals surface area contributed by atoms with Crippen molar-refractivity contribution in [1.29, 1.82) is 0 Å². The van der Waals surface area contributed by atoms with Gasteiger partial charge in [-0.15, -0.1) is 0 Å². The second-order valence-corrected chi connectivity index (χ2v) is 2.51. The van der Waals surface area contributed by atoms with Gasteiger partial charge >= 0.3 is 0 Å². The number of hydrogen-bond acceptors (Lipinski definition) is 2. The second kappa shape index (κ2) is 2.74. The highest BCUT2D eigenvalue weighted by atomic mass is 14.8. The molecule has 2 nitrogen and oxygen atoms in total. The molecule has 2 aromatic rings. The zero-order chi connectivity index (χ0) is 8.39. The van der Waals surface area contributed by atoms with Crippen LogP contribution in [0.4, 0.5) is 0 Å². The molecule has 0 N–H and O–H groups in total. The molecule has 2 heteroatoms. The van der Waals surface area contributed by atoms with Crippen LogP contribution in [-0.2, 0) is 0 Å². The minimum atomic E-state index is 0.961. The van der Waals surface area contributed by atoms with E-state index in [1.165, 1.54) is 0 Å². The minimum absolute atomic E-state index is 0.961. The number of hydrogen-bond donors (Lipinski definition) is 0. The summed E-state index contributed by atoms with van der Waals surface area (Å²) in [5.41, 5.74) is 2.04. The molecule has 12 heavy (non-hydrogen) atoms. The Kier molecular flexibility index (Phi) is 1.59. The lowest BCUT2D eigenvalue weighted by atomic mass is 10.1. The quantitative estimate of drug-likeness (QED) is 0.633. The first-order chi connectivity index (χ1) is 5.92. The van der Waals surface area contributed by atoms with Crippen LogP contribution >= 0.6 is 0 Å². The maximum atomic E-state index is 4.13. The summed E-state index contributed by atoms with van der Waals surface area (Å²) >= 11 is 0. The second-order valence-electron chi connectivity index (χ2n) is 2.51. The summed E-state index contributed by atoms with van der Waals surface area (Å²) < 4.78 is 0. The van der Waals surface area contributed by atoms with E-state index in [0.29, 0.717) is 0 Å². The van der Waals surface area contributed by atoms with Crippen molar-refractivity contribution in [3.63, 3.8) is 0 Å². The third kappa shape index (κ3) is 0.975. The fourth-order valence-corrected chi connectivity index (χ4v) is 1.21.